The molecule has 2 aromatic carbocycles. The number of aromatic nitrogens is 1. The minimum Gasteiger partial charge on any atom is -0.487 e. The molecule has 0 bridgehead atoms. The summed E-state index contributed by atoms with van der Waals surface area (Å²) in [4.78, 5) is 30.0. The third kappa shape index (κ3) is 3.97. The van der Waals surface area contributed by atoms with Crippen LogP contribution < -0.4 is 4.74 Å². The lowest BCUT2D eigenvalue weighted by Gasteiger charge is -2.36. The Morgan fingerprint density at radius 2 is 1.87 bits per heavy atom. The average molecular weight is 406 g/mol. The zero-order valence-corrected chi connectivity index (χ0v) is 16.5. The highest BCUT2D eigenvalue weighted by molar-refractivity contribution is 5.96. The Bertz CT molecular complexity index is 1060. The first kappa shape index (κ1) is 19.8. The number of hydrogen-bond acceptors (Lipinski definition) is 6. The van der Waals surface area contributed by atoms with Crippen LogP contribution in [0.2, 0.25) is 0 Å². The van der Waals surface area contributed by atoms with E-state index in [-0.39, 0.29) is 12.5 Å². The Morgan fingerprint density at radius 1 is 1.10 bits per heavy atom. The topological polar surface area (TPSA) is 89.0 Å². The number of carbonyl (C=O) groups is 2. The molecule has 0 aliphatic carbocycles. The lowest BCUT2D eigenvalue weighted by atomic mass is 10.0. The van der Waals surface area contributed by atoms with Gasteiger partial charge in [0.25, 0.3) is 5.91 Å². The van der Waals surface area contributed by atoms with Crippen LogP contribution in [0.15, 0.2) is 60.9 Å². The Balaban J connectivity index is 1.42. The second-order valence-electron chi connectivity index (χ2n) is 7.19. The fraction of sp³-hybridized carbons (Fsp3) is 0.261. The molecule has 0 spiro atoms. The number of esters is 1. The van der Waals surface area contributed by atoms with Crippen molar-refractivity contribution in [2.45, 2.75) is 18.6 Å². The molecule has 0 radical (unpaired) electrons. The van der Waals surface area contributed by atoms with Gasteiger partial charge < -0.3 is 19.5 Å². The first-order chi connectivity index (χ1) is 14.6. The number of hydrogen-bond donors (Lipinski definition) is 1. The highest BCUT2D eigenvalue weighted by Gasteiger charge is 2.32. The number of likely N-dealkylation sites (tertiary alicyclic amines) is 1. The largest absolute Gasteiger partial charge is 0.487 e. The fourth-order valence-electron chi connectivity index (χ4n) is 3.64. The smallest absolute Gasteiger partial charge is 0.337 e. The van der Waals surface area contributed by atoms with Gasteiger partial charge in [0.1, 0.15) is 18.0 Å². The van der Waals surface area contributed by atoms with Crippen molar-refractivity contribution in [1.82, 2.24) is 9.88 Å². The van der Waals surface area contributed by atoms with Gasteiger partial charge in [-0.05, 0) is 36.4 Å². The summed E-state index contributed by atoms with van der Waals surface area (Å²) in [5, 5.41) is 12.5. The number of pyridine rings is 1. The molecule has 2 atom stereocenters. The minimum absolute atomic E-state index is 0.175. The van der Waals surface area contributed by atoms with Crippen molar-refractivity contribution in [2.75, 3.05) is 20.2 Å². The molecule has 7 nitrogen and oxygen atoms in total. The zero-order chi connectivity index (χ0) is 21.1. The maximum absolute atomic E-state index is 12.8. The molecule has 154 valence electrons. The minimum atomic E-state index is -0.811. The van der Waals surface area contributed by atoms with Crippen molar-refractivity contribution in [1.29, 1.82) is 0 Å². The number of amides is 1. The van der Waals surface area contributed by atoms with E-state index in [0.717, 1.165) is 10.8 Å². The van der Waals surface area contributed by atoms with Gasteiger partial charge in [-0.25, -0.2) is 4.79 Å². The summed E-state index contributed by atoms with van der Waals surface area (Å²) in [5.74, 6) is 0.0453. The van der Waals surface area contributed by atoms with Crippen molar-refractivity contribution in [3.8, 4) is 5.75 Å². The first-order valence-corrected chi connectivity index (χ1v) is 9.72. The van der Waals surface area contributed by atoms with Crippen LogP contribution in [0.1, 0.15) is 27.1 Å². The number of benzene rings is 2. The van der Waals surface area contributed by atoms with Gasteiger partial charge in [-0.15, -0.1) is 0 Å². The van der Waals surface area contributed by atoms with E-state index < -0.39 is 18.2 Å². The highest BCUT2D eigenvalue weighted by atomic mass is 16.5. The molecule has 2 heterocycles. The summed E-state index contributed by atoms with van der Waals surface area (Å²) in [7, 11) is 1.31. The first-order valence-electron chi connectivity index (χ1n) is 9.72. The molecule has 1 amide bonds. The molecule has 7 heteroatoms. The van der Waals surface area contributed by atoms with Crippen molar-refractivity contribution in [3.63, 3.8) is 0 Å². The SMILES string of the molecule is COC(=O)c1ccc(C(=O)N2CC[C@@H](Oc3cccc4cnccc34)[C@H](O)C2)cc1. The number of fused-ring (bicyclic) bond motifs is 1. The van der Waals surface area contributed by atoms with Crippen LogP contribution >= 0.6 is 0 Å². The normalized spacial score (nSPS) is 18.8. The number of aliphatic hydroxyl groups excluding tert-OH is 1. The monoisotopic (exact) mass is 406 g/mol. The summed E-state index contributed by atoms with van der Waals surface area (Å²) in [5.41, 5.74) is 0.835. The predicted molar refractivity (Wildman–Crippen MR) is 110 cm³/mol. The van der Waals surface area contributed by atoms with Crippen LogP contribution in [-0.2, 0) is 4.74 Å². The number of carbonyl (C=O) groups excluding carboxylic acids is 2. The summed E-state index contributed by atoms with van der Waals surface area (Å²) in [6.45, 7) is 0.639. The third-order valence-electron chi connectivity index (χ3n) is 5.28. The Kier molecular flexibility index (Phi) is 5.63. The van der Waals surface area contributed by atoms with E-state index in [1.807, 2.05) is 24.3 Å². The molecule has 1 saturated heterocycles. The quantitative estimate of drug-likeness (QED) is 0.670. The van der Waals surface area contributed by atoms with Gasteiger partial charge in [0.2, 0.25) is 0 Å². The molecular formula is C23H22N2O5. The molecule has 1 aliphatic rings. The van der Waals surface area contributed by atoms with Gasteiger partial charge >= 0.3 is 5.97 Å². The van der Waals surface area contributed by atoms with Gasteiger partial charge in [-0.3, -0.25) is 9.78 Å². The van der Waals surface area contributed by atoms with Gasteiger partial charge in [0.05, 0.1) is 19.2 Å². The number of methoxy groups -OCH3 is 1. The molecular weight excluding hydrogens is 384 g/mol. The number of piperidine rings is 1. The lowest BCUT2D eigenvalue weighted by molar-refractivity contribution is -0.0193. The number of rotatable bonds is 4. The number of nitrogens with zero attached hydrogens (tertiary/aromatic N) is 2. The molecule has 1 aliphatic heterocycles. The van der Waals surface area contributed by atoms with Gasteiger partial charge in [0, 0.05) is 41.7 Å². The van der Waals surface area contributed by atoms with Crippen LogP contribution in [-0.4, -0.2) is 59.3 Å². The van der Waals surface area contributed by atoms with Gasteiger partial charge in [-0.1, -0.05) is 12.1 Å². The predicted octanol–water partition coefficient (Wildman–Crippen LogP) is 2.68. The third-order valence-corrected chi connectivity index (χ3v) is 5.28. The van der Waals surface area contributed by atoms with E-state index in [2.05, 4.69) is 9.72 Å². The molecule has 0 saturated carbocycles. The van der Waals surface area contributed by atoms with Crippen molar-refractivity contribution >= 4 is 22.6 Å². The summed E-state index contributed by atoms with van der Waals surface area (Å²) >= 11 is 0. The summed E-state index contributed by atoms with van der Waals surface area (Å²) in [6, 6.07) is 13.9. The van der Waals surface area contributed by atoms with Crippen molar-refractivity contribution in [3.05, 3.63) is 72.1 Å². The molecule has 1 fully saturated rings. The van der Waals surface area contributed by atoms with E-state index in [0.29, 0.717) is 29.8 Å². The fourth-order valence-corrected chi connectivity index (χ4v) is 3.64. The second-order valence-corrected chi connectivity index (χ2v) is 7.19. The van der Waals surface area contributed by atoms with Crippen LogP contribution in [0.25, 0.3) is 10.8 Å². The average Bonchev–Trinajstić information content (AvgIpc) is 2.79. The van der Waals surface area contributed by atoms with Crippen molar-refractivity contribution in [2.24, 2.45) is 0 Å². The van der Waals surface area contributed by atoms with Crippen LogP contribution in [0, 0.1) is 0 Å². The maximum atomic E-state index is 12.8. The lowest BCUT2D eigenvalue weighted by Crippen LogP contribution is -2.51. The maximum Gasteiger partial charge on any atom is 0.337 e. The molecule has 30 heavy (non-hydrogen) atoms. The van der Waals surface area contributed by atoms with E-state index in [9.17, 15) is 14.7 Å². The number of β-amino-alcohol motifs (C(OH)–C–C–N with tert-alkyl or cyclic N) is 1. The number of aliphatic hydroxyl groups is 1. The second kappa shape index (κ2) is 8.51. The van der Waals surface area contributed by atoms with Gasteiger partial charge in [-0.2, -0.15) is 0 Å². The van der Waals surface area contributed by atoms with Gasteiger partial charge in [0.15, 0.2) is 0 Å². The van der Waals surface area contributed by atoms with Crippen LogP contribution in [0.5, 0.6) is 5.75 Å². The zero-order valence-electron chi connectivity index (χ0n) is 16.5. The molecule has 4 rings (SSSR count). The Labute approximate surface area is 173 Å². The van der Waals surface area contributed by atoms with Crippen molar-refractivity contribution < 1.29 is 24.2 Å². The Morgan fingerprint density at radius 3 is 2.60 bits per heavy atom. The highest BCUT2D eigenvalue weighted by Crippen LogP contribution is 2.28. The van der Waals surface area contributed by atoms with Crippen LogP contribution in [0.3, 0.4) is 0 Å². The summed E-state index contributed by atoms with van der Waals surface area (Å²) in [6.07, 6.45) is 2.77. The van der Waals surface area contributed by atoms with E-state index in [1.165, 1.54) is 7.11 Å². The molecule has 0 unspecified atom stereocenters. The van der Waals surface area contributed by atoms with E-state index in [1.54, 1.807) is 41.6 Å². The van der Waals surface area contributed by atoms with E-state index >= 15 is 0 Å². The summed E-state index contributed by atoms with van der Waals surface area (Å²) < 4.78 is 10.8. The number of ether oxygens (including phenoxy) is 2. The van der Waals surface area contributed by atoms with E-state index in [4.69, 9.17) is 4.74 Å². The molecule has 1 N–H and O–H groups in total. The Hall–Kier alpha value is -3.45. The molecule has 1 aromatic heterocycles. The standard InChI is InChI=1S/C23H22N2O5/c1-29-23(28)16-7-5-15(6-8-16)22(27)25-12-10-21(19(26)14-25)30-20-4-2-3-17-13-24-11-9-18(17)20/h2-9,11,13,19,21,26H,10,12,14H2,1H3/t19-,21-/m1/s1. The van der Waals surface area contributed by atoms with Crippen LogP contribution in [0.4, 0.5) is 0 Å². The molecule has 3 aromatic rings.